The van der Waals surface area contributed by atoms with Crippen LogP contribution < -0.4 is 4.90 Å². The largest absolute Gasteiger partial charge is 0.311 e. The van der Waals surface area contributed by atoms with Crippen LogP contribution in [-0.2, 0) is 4.79 Å². The van der Waals surface area contributed by atoms with Crippen molar-refractivity contribution in [3.05, 3.63) is 35.9 Å². The third-order valence-corrected chi connectivity index (χ3v) is 6.16. The predicted octanol–water partition coefficient (Wildman–Crippen LogP) is 3.56. The predicted molar refractivity (Wildman–Crippen MR) is 94.5 cm³/mol. The molecule has 1 saturated carbocycles. The zero-order valence-electron chi connectivity index (χ0n) is 13.2. The summed E-state index contributed by atoms with van der Waals surface area (Å²) in [7, 11) is 1.76. The van der Waals surface area contributed by atoms with Crippen molar-refractivity contribution in [1.29, 1.82) is 0 Å². The number of hydrogen-bond donors (Lipinski definition) is 0. The van der Waals surface area contributed by atoms with Crippen LogP contribution in [0.5, 0.6) is 0 Å². The minimum Gasteiger partial charge on any atom is -0.311 e. The minimum absolute atomic E-state index is 0.0756. The first kappa shape index (κ1) is 16.3. The van der Waals surface area contributed by atoms with Gasteiger partial charge in [0.2, 0.25) is 5.91 Å². The van der Waals surface area contributed by atoms with Crippen LogP contribution >= 0.6 is 23.4 Å². The SMILES string of the molecule is CSC1(CC(=O)N(C)c2cn(-c3cccnc3)nc2Cl)CCC1. The molecule has 1 aliphatic rings. The number of amides is 1. The molecule has 0 bridgehead atoms. The summed E-state index contributed by atoms with van der Waals surface area (Å²) in [6.45, 7) is 0. The van der Waals surface area contributed by atoms with Crippen molar-refractivity contribution in [3.8, 4) is 5.69 Å². The second-order valence-electron chi connectivity index (χ2n) is 5.83. The van der Waals surface area contributed by atoms with E-state index in [4.69, 9.17) is 11.6 Å². The summed E-state index contributed by atoms with van der Waals surface area (Å²) < 4.78 is 1.75. The standard InChI is InChI=1S/C16H19ClN4OS/c1-20(14(22)9-16(23-2)6-4-7-16)13-11-21(19-15(13)17)12-5-3-8-18-10-12/h3,5,8,10-11H,4,6-7,9H2,1-2H3. The molecule has 0 unspecified atom stereocenters. The summed E-state index contributed by atoms with van der Waals surface area (Å²) in [5.74, 6) is 0.0756. The zero-order chi connectivity index (χ0) is 16.4. The Bertz CT molecular complexity index is 694. The summed E-state index contributed by atoms with van der Waals surface area (Å²) in [6.07, 6.45) is 11.2. The molecule has 7 heteroatoms. The Labute approximate surface area is 145 Å². The van der Waals surface area contributed by atoms with E-state index in [1.54, 1.807) is 47.0 Å². The first-order valence-electron chi connectivity index (χ1n) is 7.52. The van der Waals surface area contributed by atoms with Gasteiger partial charge in [0, 0.05) is 24.4 Å². The number of aromatic nitrogens is 3. The van der Waals surface area contributed by atoms with Gasteiger partial charge in [0.15, 0.2) is 5.15 Å². The van der Waals surface area contributed by atoms with E-state index < -0.39 is 0 Å². The van der Waals surface area contributed by atoms with Gasteiger partial charge in [-0.2, -0.15) is 16.9 Å². The number of rotatable bonds is 5. The van der Waals surface area contributed by atoms with Gasteiger partial charge in [-0.25, -0.2) is 4.68 Å². The van der Waals surface area contributed by atoms with Crippen molar-refractivity contribution in [2.24, 2.45) is 0 Å². The molecule has 2 aromatic rings. The van der Waals surface area contributed by atoms with Gasteiger partial charge in [0.25, 0.3) is 0 Å². The van der Waals surface area contributed by atoms with E-state index in [2.05, 4.69) is 16.3 Å². The molecule has 1 amide bonds. The number of pyridine rings is 1. The van der Waals surface area contributed by atoms with E-state index in [9.17, 15) is 4.79 Å². The lowest BCUT2D eigenvalue weighted by Crippen LogP contribution is -2.40. The van der Waals surface area contributed by atoms with E-state index >= 15 is 0 Å². The molecule has 122 valence electrons. The van der Waals surface area contributed by atoms with E-state index in [1.807, 2.05) is 12.1 Å². The smallest absolute Gasteiger partial charge is 0.228 e. The van der Waals surface area contributed by atoms with E-state index in [0.717, 1.165) is 18.5 Å². The number of thioether (sulfide) groups is 1. The molecule has 0 aliphatic heterocycles. The topological polar surface area (TPSA) is 51.0 Å². The van der Waals surface area contributed by atoms with Crippen LogP contribution in [0, 0.1) is 0 Å². The summed E-state index contributed by atoms with van der Waals surface area (Å²) in [6, 6.07) is 3.72. The van der Waals surface area contributed by atoms with Crippen LogP contribution in [0.4, 0.5) is 5.69 Å². The Morgan fingerprint density at radius 2 is 2.30 bits per heavy atom. The van der Waals surface area contributed by atoms with Crippen molar-refractivity contribution >= 4 is 35.0 Å². The molecular formula is C16H19ClN4OS. The van der Waals surface area contributed by atoms with Gasteiger partial charge in [0.05, 0.1) is 18.1 Å². The summed E-state index contributed by atoms with van der Waals surface area (Å²) >= 11 is 8.03. The lowest BCUT2D eigenvalue weighted by Gasteiger charge is -2.40. The van der Waals surface area contributed by atoms with Crippen molar-refractivity contribution in [2.75, 3.05) is 18.2 Å². The van der Waals surface area contributed by atoms with E-state index in [-0.39, 0.29) is 10.7 Å². The highest BCUT2D eigenvalue weighted by atomic mass is 35.5. The Hall–Kier alpha value is -1.53. The van der Waals surface area contributed by atoms with E-state index in [0.29, 0.717) is 17.3 Å². The Kier molecular flexibility index (Phi) is 4.64. The molecule has 2 heterocycles. The van der Waals surface area contributed by atoms with Crippen LogP contribution in [0.15, 0.2) is 30.7 Å². The molecule has 5 nitrogen and oxygen atoms in total. The maximum Gasteiger partial charge on any atom is 0.228 e. The highest BCUT2D eigenvalue weighted by Crippen LogP contribution is 2.46. The summed E-state index contributed by atoms with van der Waals surface area (Å²) in [5.41, 5.74) is 1.43. The monoisotopic (exact) mass is 350 g/mol. The average Bonchev–Trinajstić information content (AvgIpc) is 2.92. The number of hydrogen-bond acceptors (Lipinski definition) is 4. The third-order valence-electron chi connectivity index (χ3n) is 4.47. The number of nitrogens with zero attached hydrogens (tertiary/aromatic N) is 4. The molecule has 23 heavy (non-hydrogen) atoms. The second kappa shape index (κ2) is 6.53. The Morgan fingerprint density at radius 3 is 2.87 bits per heavy atom. The summed E-state index contributed by atoms with van der Waals surface area (Å²) in [4.78, 5) is 18.3. The molecule has 1 aliphatic carbocycles. The number of halogens is 1. The first-order chi connectivity index (χ1) is 11.0. The number of carbonyl (C=O) groups excluding carboxylic acids is 1. The second-order valence-corrected chi connectivity index (χ2v) is 7.46. The molecule has 0 atom stereocenters. The number of anilines is 1. The molecule has 0 saturated heterocycles. The minimum atomic E-state index is 0.0756. The van der Waals surface area contributed by atoms with Crippen LogP contribution in [0.25, 0.3) is 5.69 Å². The Balaban J connectivity index is 1.78. The highest BCUT2D eigenvalue weighted by Gasteiger charge is 2.39. The molecule has 2 aromatic heterocycles. The van der Waals surface area contributed by atoms with Gasteiger partial charge in [-0.15, -0.1) is 0 Å². The van der Waals surface area contributed by atoms with E-state index in [1.165, 1.54) is 6.42 Å². The maximum absolute atomic E-state index is 12.6. The van der Waals surface area contributed by atoms with Crippen LogP contribution in [0.2, 0.25) is 5.15 Å². The van der Waals surface area contributed by atoms with Crippen molar-refractivity contribution < 1.29 is 4.79 Å². The summed E-state index contributed by atoms with van der Waals surface area (Å²) in [5, 5.41) is 4.59. The molecule has 1 fully saturated rings. The first-order valence-corrected chi connectivity index (χ1v) is 9.12. The molecule has 0 N–H and O–H groups in total. The van der Waals surface area contributed by atoms with Crippen molar-refractivity contribution in [2.45, 2.75) is 30.4 Å². The maximum atomic E-state index is 12.6. The van der Waals surface area contributed by atoms with Gasteiger partial charge in [-0.1, -0.05) is 18.0 Å². The van der Waals surface area contributed by atoms with Crippen molar-refractivity contribution in [3.63, 3.8) is 0 Å². The van der Waals surface area contributed by atoms with Crippen molar-refractivity contribution in [1.82, 2.24) is 14.8 Å². The fraction of sp³-hybridized carbons (Fsp3) is 0.438. The van der Waals surface area contributed by atoms with Crippen LogP contribution in [0.1, 0.15) is 25.7 Å². The molecular weight excluding hydrogens is 332 g/mol. The number of carbonyl (C=O) groups is 1. The van der Waals surface area contributed by atoms with Crippen LogP contribution in [0.3, 0.4) is 0 Å². The lowest BCUT2D eigenvalue weighted by atomic mass is 9.81. The Morgan fingerprint density at radius 1 is 1.52 bits per heavy atom. The van der Waals surface area contributed by atoms with Gasteiger partial charge >= 0.3 is 0 Å². The average molecular weight is 351 g/mol. The fourth-order valence-corrected chi connectivity index (χ4v) is 3.96. The lowest BCUT2D eigenvalue weighted by molar-refractivity contribution is -0.119. The van der Waals surface area contributed by atoms with Gasteiger partial charge in [-0.3, -0.25) is 9.78 Å². The van der Waals surface area contributed by atoms with Gasteiger partial charge in [-0.05, 0) is 31.2 Å². The third kappa shape index (κ3) is 3.23. The van der Waals surface area contributed by atoms with Gasteiger partial charge in [0.1, 0.15) is 5.69 Å². The molecule has 0 aromatic carbocycles. The molecule has 0 radical (unpaired) electrons. The normalized spacial score (nSPS) is 16.0. The quantitative estimate of drug-likeness (QED) is 0.827. The van der Waals surface area contributed by atoms with Crippen LogP contribution in [-0.4, -0.2) is 38.7 Å². The zero-order valence-corrected chi connectivity index (χ0v) is 14.8. The molecule has 3 rings (SSSR count). The highest BCUT2D eigenvalue weighted by molar-refractivity contribution is 8.00. The van der Waals surface area contributed by atoms with Gasteiger partial charge < -0.3 is 4.90 Å². The molecule has 0 spiro atoms. The fourth-order valence-electron chi connectivity index (χ4n) is 2.74.